The summed E-state index contributed by atoms with van der Waals surface area (Å²) in [7, 11) is 0. The monoisotopic (exact) mass is 328 g/mol. The molecule has 0 radical (unpaired) electrons. The van der Waals surface area contributed by atoms with Crippen molar-refractivity contribution in [2.75, 3.05) is 19.7 Å². The Bertz CT molecular complexity index is 594. The van der Waals surface area contributed by atoms with Gasteiger partial charge in [0.2, 0.25) is 5.88 Å². The molecule has 23 heavy (non-hydrogen) atoms. The fourth-order valence-electron chi connectivity index (χ4n) is 2.51. The quantitative estimate of drug-likeness (QED) is 0.893. The minimum absolute atomic E-state index is 0.00649. The van der Waals surface area contributed by atoms with Crippen molar-refractivity contribution >= 4 is 11.9 Å². The summed E-state index contributed by atoms with van der Waals surface area (Å²) in [6.45, 7) is 3.10. The number of halogens is 2. The van der Waals surface area contributed by atoms with Gasteiger partial charge in [0.05, 0.1) is 11.0 Å². The molecule has 0 unspecified atom stereocenters. The molecule has 0 saturated carbocycles. The fourth-order valence-corrected chi connectivity index (χ4v) is 2.51. The Morgan fingerprint density at radius 2 is 2.22 bits per heavy atom. The SMILES string of the molecule is C[C@@H]1CN(C(=O)c2ccc(OCC(F)F)nc2)C[C@@]1(C)C(=O)O. The van der Waals surface area contributed by atoms with Crippen LogP contribution in [0.25, 0.3) is 0 Å². The first-order chi connectivity index (χ1) is 10.7. The number of likely N-dealkylation sites (tertiary alicyclic amines) is 1. The number of aromatic nitrogens is 1. The molecule has 1 aromatic heterocycles. The molecule has 0 aromatic carbocycles. The Morgan fingerprint density at radius 1 is 1.52 bits per heavy atom. The van der Waals surface area contributed by atoms with Crippen molar-refractivity contribution in [3.8, 4) is 5.88 Å². The van der Waals surface area contributed by atoms with Crippen LogP contribution in [0.2, 0.25) is 0 Å². The predicted molar refractivity (Wildman–Crippen MR) is 76.5 cm³/mol. The molecule has 0 spiro atoms. The van der Waals surface area contributed by atoms with Gasteiger partial charge in [-0.3, -0.25) is 9.59 Å². The average Bonchev–Trinajstić information content (AvgIpc) is 2.82. The highest BCUT2D eigenvalue weighted by Gasteiger charge is 2.47. The smallest absolute Gasteiger partial charge is 0.311 e. The molecule has 1 aliphatic rings. The number of carboxylic acids is 1. The standard InChI is InChI=1S/C15H18F2N2O4/c1-9-6-19(8-15(9,2)14(21)22)13(20)10-3-4-12(18-5-10)23-7-11(16)17/h3-5,9,11H,6-8H2,1-2H3,(H,21,22)/t9-,15-/m1/s1. The molecule has 126 valence electrons. The van der Waals surface area contributed by atoms with Gasteiger partial charge >= 0.3 is 5.97 Å². The van der Waals surface area contributed by atoms with Gasteiger partial charge < -0.3 is 14.7 Å². The van der Waals surface area contributed by atoms with Crippen LogP contribution in [-0.4, -0.2) is 53.0 Å². The molecule has 1 amide bonds. The van der Waals surface area contributed by atoms with Crippen molar-refractivity contribution in [2.45, 2.75) is 20.3 Å². The molecular weight excluding hydrogens is 310 g/mol. The van der Waals surface area contributed by atoms with Crippen molar-refractivity contribution in [1.29, 1.82) is 0 Å². The molecule has 6 nitrogen and oxygen atoms in total. The van der Waals surface area contributed by atoms with Crippen molar-refractivity contribution < 1.29 is 28.2 Å². The number of carbonyl (C=O) groups is 2. The van der Waals surface area contributed by atoms with E-state index in [1.165, 1.54) is 23.2 Å². The summed E-state index contributed by atoms with van der Waals surface area (Å²) < 4.78 is 28.8. The van der Waals surface area contributed by atoms with Crippen LogP contribution in [0, 0.1) is 11.3 Å². The van der Waals surface area contributed by atoms with E-state index in [9.17, 15) is 23.5 Å². The lowest BCUT2D eigenvalue weighted by atomic mass is 9.81. The highest BCUT2D eigenvalue weighted by atomic mass is 19.3. The largest absolute Gasteiger partial charge is 0.481 e. The van der Waals surface area contributed by atoms with Gasteiger partial charge in [0, 0.05) is 25.4 Å². The first-order valence-electron chi connectivity index (χ1n) is 7.13. The average molecular weight is 328 g/mol. The van der Waals surface area contributed by atoms with Crippen molar-refractivity contribution in [3.05, 3.63) is 23.9 Å². The lowest BCUT2D eigenvalue weighted by Crippen LogP contribution is -2.36. The van der Waals surface area contributed by atoms with Gasteiger partial charge in [0.15, 0.2) is 6.61 Å². The van der Waals surface area contributed by atoms with Crippen molar-refractivity contribution in [1.82, 2.24) is 9.88 Å². The Morgan fingerprint density at radius 3 is 2.70 bits per heavy atom. The molecule has 1 saturated heterocycles. The first kappa shape index (κ1) is 17.1. The maximum atomic E-state index is 12.4. The van der Waals surface area contributed by atoms with Gasteiger partial charge in [-0.25, -0.2) is 13.8 Å². The predicted octanol–water partition coefficient (Wildman–Crippen LogP) is 1.91. The normalized spacial score (nSPS) is 24.0. The van der Waals surface area contributed by atoms with Crippen molar-refractivity contribution in [3.63, 3.8) is 0 Å². The zero-order valence-corrected chi connectivity index (χ0v) is 12.8. The summed E-state index contributed by atoms with van der Waals surface area (Å²) in [5.41, 5.74) is -0.722. The van der Waals surface area contributed by atoms with Crippen molar-refractivity contribution in [2.24, 2.45) is 11.3 Å². The minimum Gasteiger partial charge on any atom is -0.481 e. The summed E-state index contributed by atoms with van der Waals surface area (Å²) in [6, 6.07) is 2.77. The number of nitrogens with zero attached hydrogens (tertiary/aromatic N) is 2. The maximum absolute atomic E-state index is 12.4. The number of alkyl halides is 2. The summed E-state index contributed by atoms with van der Waals surface area (Å²) in [4.78, 5) is 29.1. The Hall–Kier alpha value is -2.25. The molecule has 2 rings (SSSR count). The number of rotatable bonds is 5. The third-order valence-electron chi connectivity index (χ3n) is 4.22. The molecule has 0 bridgehead atoms. The zero-order chi connectivity index (χ0) is 17.2. The number of amides is 1. The molecule has 1 aromatic rings. The molecule has 2 atom stereocenters. The highest BCUT2D eigenvalue weighted by Crippen LogP contribution is 2.36. The number of carboxylic acid groups (broad SMARTS) is 1. The molecule has 8 heteroatoms. The highest BCUT2D eigenvalue weighted by molar-refractivity contribution is 5.94. The summed E-state index contributed by atoms with van der Waals surface area (Å²) in [6.07, 6.45) is -1.36. The molecule has 0 aliphatic carbocycles. The lowest BCUT2D eigenvalue weighted by Gasteiger charge is -2.22. The number of hydrogen-bond acceptors (Lipinski definition) is 4. The summed E-state index contributed by atoms with van der Waals surface area (Å²) >= 11 is 0. The van der Waals surface area contributed by atoms with Crippen LogP contribution in [0.1, 0.15) is 24.2 Å². The zero-order valence-electron chi connectivity index (χ0n) is 12.8. The third-order valence-corrected chi connectivity index (χ3v) is 4.22. The Kier molecular flexibility index (Phi) is 4.82. The van der Waals surface area contributed by atoms with Crippen LogP contribution in [0.4, 0.5) is 8.78 Å². The number of ether oxygens (including phenoxy) is 1. The fraction of sp³-hybridized carbons (Fsp3) is 0.533. The van der Waals surface area contributed by atoms with Crippen LogP contribution in [-0.2, 0) is 4.79 Å². The third kappa shape index (κ3) is 3.57. The topological polar surface area (TPSA) is 79.7 Å². The van der Waals surface area contributed by atoms with Gasteiger partial charge in [0.1, 0.15) is 0 Å². The van der Waals surface area contributed by atoms with E-state index in [0.717, 1.165) is 0 Å². The minimum atomic E-state index is -2.60. The number of pyridine rings is 1. The van der Waals surface area contributed by atoms with Gasteiger partial charge in [-0.05, 0) is 18.9 Å². The van der Waals surface area contributed by atoms with Gasteiger partial charge in [0.25, 0.3) is 12.3 Å². The van der Waals surface area contributed by atoms with E-state index in [2.05, 4.69) is 4.98 Å². The van der Waals surface area contributed by atoms with E-state index >= 15 is 0 Å². The van der Waals surface area contributed by atoms with Crippen LogP contribution >= 0.6 is 0 Å². The summed E-state index contributed by atoms with van der Waals surface area (Å²) in [5.74, 6) is -1.44. The van der Waals surface area contributed by atoms with Gasteiger partial charge in [-0.15, -0.1) is 0 Å². The van der Waals surface area contributed by atoms with E-state index in [1.54, 1.807) is 13.8 Å². The number of carbonyl (C=O) groups excluding carboxylic acids is 1. The van der Waals surface area contributed by atoms with Crippen LogP contribution in [0.5, 0.6) is 5.88 Å². The summed E-state index contributed by atoms with van der Waals surface area (Å²) in [5, 5.41) is 9.33. The van der Waals surface area contributed by atoms with E-state index in [0.29, 0.717) is 6.54 Å². The van der Waals surface area contributed by atoms with E-state index in [1.807, 2.05) is 0 Å². The van der Waals surface area contributed by atoms with Gasteiger partial charge in [-0.1, -0.05) is 6.92 Å². The van der Waals surface area contributed by atoms with Crippen LogP contribution in [0.15, 0.2) is 18.3 Å². The maximum Gasteiger partial charge on any atom is 0.311 e. The Balaban J connectivity index is 2.05. The van der Waals surface area contributed by atoms with E-state index in [-0.39, 0.29) is 29.8 Å². The second-order valence-corrected chi connectivity index (χ2v) is 5.90. The second-order valence-electron chi connectivity index (χ2n) is 5.90. The van der Waals surface area contributed by atoms with Crippen LogP contribution < -0.4 is 4.74 Å². The van der Waals surface area contributed by atoms with E-state index in [4.69, 9.17) is 4.74 Å². The first-order valence-corrected chi connectivity index (χ1v) is 7.13. The Labute approximate surface area is 132 Å². The molecule has 1 aliphatic heterocycles. The molecule has 1 N–H and O–H groups in total. The molecule has 2 heterocycles. The van der Waals surface area contributed by atoms with Crippen LogP contribution in [0.3, 0.4) is 0 Å². The van der Waals surface area contributed by atoms with Gasteiger partial charge in [-0.2, -0.15) is 0 Å². The number of aliphatic carboxylic acids is 1. The molecular formula is C15H18F2N2O4. The van der Waals surface area contributed by atoms with E-state index < -0.39 is 24.4 Å². The second kappa shape index (κ2) is 6.47. The molecule has 1 fully saturated rings. The number of hydrogen-bond donors (Lipinski definition) is 1. The lowest BCUT2D eigenvalue weighted by molar-refractivity contribution is -0.148.